The van der Waals surface area contributed by atoms with Crippen LogP contribution in [0.15, 0.2) is 119 Å². The van der Waals surface area contributed by atoms with Crippen LogP contribution in [-0.2, 0) is 25.9 Å². The predicted octanol–water partition coefficient (Wildman–Crippen LogP) is 5.44. The van der Waals surface area contributed by atoms with Crippen molar-refractivity contribution in [3.63, 3.8) is 0 Å². The highest BCUT2D eigenvalue weighted by Crippen LogP contribution is 2.30. The summed E-state index contributed by atoms with van der Waals surface area (Å²) < 4.78 is 4.92. The molecule has 4 aromatic carbocycles. The maximum Gasteiger partial charge on any atom is 0.337 e. The summed E-state index contributed by atoms with van der Waals surface area (Å²) in [6.07, 6.45) is 2.14. The van der Waals surface area contributed by atoms with E-state index in [2.05, 4.69) is 51.8 Å². The molecule has 228 valence electrons. The number of aromatic nitrogens is 8. The van der Waals surface area contributed by atoms with Gasteiger partial charge in [0.05, 0.1) is 5.69 Å². The summed E-state index contributed by atoms with van der Waals surface area (Å²) in [5.74, 6) is 1.38. The number of fused-ring (bicyclic) bond motifs is 1. The zero-order valence-electron chi connectivity index (χ0n) is 25.4. The van der Waals surface area contributed by atoms with Crippen molar-refractivity contribution in [3.8, 4) is 28.2 Å². The molecular formula is C36H32N8O2. The normalized spacial score (nSPS) is 11.3. The maximum absolute atomic E-state index is 14.3. The number of tetrazole rings is 1. The second kappa shape index (κ2) is 12.6. The first-order valence-electron chi connectivity index (χ1n) is 15.4. The maximum atomic E-state index is 14.3. The SMILES string of the molecule is CCCc1nc2c(c(=O)n(-c3ccccc3)c(=O)n2CCc2ccccc2)n1Cc1ccc(-c2ccccc2-c2nnn[nH]2)cc1. The van der Waals surface area contributed by atoms with Crippen LogP contribution in [0.2, 0.25) is 0 Å². The van der Waals surface area contributed by atoms with E-state index in [1.165, 1.54) is 4.57 Å². The summed E-state index contributed by atoms with van der Waals surface area (Å²) in [5, 5.41) is 14.4. The molecule has 7 rings (SSSR count). The molecule has 0 bridgehead atoms. The number of imidazole rings is 1. The van der Waals surface area contributed by atoms with Crippen LogP contribution in [-0.4, -0.2) is 39.3 Å². The first-order valence-corrected chi connectivity index (χ1v) is 15.4. The lowest BCUT2D eigenvalue weighted by Gasteiger charge is -2.14. The Morgan fingerprint density at radius 2 is 1.41 bits per heavy atom. The fraction of sp³-hybridized carbons (Fsp3) is 0.167. The molecule has 1 N–H and O–H groups in total. The van der Waals surface area contributed by atoms with E-state index in [4.69, 9.17) is 4.98 Å². The standard InChI is InChI=1S/C36H32N8O2/c1-2-11-31-37-34-32(35(45)44(28-14-7-4-8-15-28)36(46)42(34)23-22-25-12-5-3-6-13-25)43(31)24-26-18-20-27(21-19-26)29-16-9-10-17-30(29)33-38-40-41-39-33/h3-10,12-21H,2,11,22-24H2,1H3,(H,38,39,40,41). The summed E-state index contributed by atoms with van der Waals surface area (Å²) in [6.45, 7) is 2.91. The highest BCUT2D eigenvalue weighted by molar-refractivity contribution is 5.80. The van der Waals surface area contributed by atoms with Crippen LogP contribution in [0.25, 0.3) is 39.4 Å². The van der Waals surface area contributed by atoms with Crippen molar-refractivity contribution in [2.45, 2.75) is 39.3 Å². The predicted molar refractivity (Wildman–Crippen MR) is 178 cm³/mol. The monoisotopic (exact) mass is 608 g/mol. The van der Waals surface area contributed by atoms with E-state index in [0.717, 1.165) is 40.1 Å². The quantitative estimate of drug-likeness (QED) is 0.221. The number of hydrogen-bond acceptors (Lipinski definition) is 6. The molecule has 3 aromatic heterocycles. The third-order valence-electron chi connectivity index (χ3n) is 8.20. The van der Waals surface area contributed by atoms with E-state index >= 15 is 0 Å². The second-order valence-electron chi connectivity index (χ2n) is 11.2. The lowest BCUT2D eigenvalue weighted by atomic mass is 9.98. The van der Waals surface area contributed by atoms with Crippen molar-refractivity contribution >= 4 is 11.2 Å². The van der Waals surface area contributed by atoms with E-state index in [9.17, 15) is 9.59 Å². The first kappa shape index (κ1) is 28.8. The van der Waals surface area contributed by atoms with E-state index < -0.39 is 5.69 Å². The van der Waals surface area contributed by atoms with Gasteiger partial charge in [0.1, 0.15) is 5.82 Å². The summed E-state index contributed by atoms with van der Waals surface area (Å²) in [5.41, 5.74) is 5.65. The van der Waals surface area contributed by atoms with Gasteiger partial charge >= 0.3 is 5.69 Å². The molecule has 10 nitrogen and oxygen atoms in total. The number of H-pyrrole nitrogens is 1. The molecule has 0 unspecified atom stereocenters. The minimum absolute atomic E-state index is 0.372. The summed E-state index contributed by atoms with van der Waals surface area (Å²) in [4.78, 5) is 33.2. The molecular weight excluding hydrogens is 576 g/mol. The Labute approximate surface area is 264 Å². The van der Waals surface area contributed by atoms with Gasteiger partial charge < -0.3 is 4.57 Å². The molecule has 0 radical (unpaired) electrons. The second-order valence-corrected chi connectivity index (χ2v) is 11.2. The minimum Gasteiger partial charge on any atom is -0.318 e. The lowest BCUT2D eigenvalue weighted by Crippen LogP contribution is -2.40. The Bertz CT molecular complexity index is 2220. The molecule has 0 aliphatic rings. The van der Waals surface area contributed by atoms with E-state index in [-0.39, 0.29) is 5.56 Å². The smallest absolute Gasteiger partial charge is 0.318 e. The molecule has 0 saturated heterocycles. The van der Waals surface area contributed by atoms with Crippen molar-refractivity contribution in [2.24, 2.45) is 0 Å². The molecule has 46 heavy (non-hydrogen) atoms. The molecule has 10 heteroatoms. The molecule has 0 saturated carbocycles. The number of benzene rings is 4. The summed E-state index contributed by atoms with van der Waals surface area (Å²) in [6, 6.07) is 35.4. The molecule has 7 aromatic rings. The van der Waals surface area contributed by atoms with Crippen LogP contribution in [0.5, 0.6) is 0 Å². The Morgan fingerprint density at radius 3 is 2.11 bits per heavy atom. The minimum atomic E-state index is -0.391. The van der Waals surface area contributed by atoms with Gasteiger partial charge in [-0.2, -0.15) is 0 Å². The number of aryl methyl sites for hydroxylation is 3. The van der Waals surface area contributed by atoms with Gasteiger partial charge in [-0.1, -0.05) is 104 Å². The van der Waals surface area contributed by atoms with Gasteiger partial charge in [0.2, 0.25) is 0 Å². The third kappa shape index (κ3) is 5.45. The van der Waals surface area contributed by atoms with Crippen molar-refractivity contribution in [1.82, 2.24) is 39.3 Å². The number of rotatable bonds is 10. The average Bonchev–Trinajstić information content (AvgIpc) is 3.76. The highest BCUT2D eigenvalue weighted by Gasteiger charge is 2.22. The van der Waals surface area contributed by atoms with E-state index in [1.54, 1.807) is 16.7 Å². The largest absolute Gasteiger partial charge is 0.337 e. The van der Waals surface area contributed by atoms with Crippen molar-refractivity contribution in [2.75, 3.05) is 0 Å². The molecule has 0 aliphatic carbocycles. The number of hydrogen-bond donors (Lipinski definition) is 1. The zero-order chi connectivity index (χ0) is 31.5. The van der Waals surface area contributed by atoms with Gasteiger partial charge in [-0.05, 0) is 57.7 Å². The molecule has 0 atom stereocenters. The van der Waals surface area contributed by atoms with E-state index in [0.29, 0.717) is 48.6 Å². The number of nitrogens with zero attached hydrogens (tertiary/aromatic N) is 7. The van der Waals surface area contributed by atoms with Gasteiger partial charge in [0, 0.05) is 25.1 Å². The Kier molecular flexibility index (Phi) is 7.91. The topological polar surface area (TPSA) is 116 Å². The van der Waals surface area contributed by atoms with Gasteiger partial charge in [0.25, 0.3) is 5.56 Å². The molecule has 0 spiro atoms. The van der Waals surface area contributed by atoms with E-state index in [1.807, 2.05) is 77.4 Å². The fourth-order valence-corrected chi connectivity index (χ4v) is 5.95. The Balaban J connectivity index is 1.34. The Hall–Kier alpha value is -5.90. The van der Waals surface area contributed by atoms with Gasteiger partial charge in [-0.15, -0.1) is 5.10 Å². The number of nitrogens with one attached hydrogen (secondary N) is 1. The van der Waals surface area contributed by atoms with Crippen LogP contribution >= 0.6 is 0 Å². The van der Waals surface area contributed by atoms with Crippen LogP contribution in [0.4, 0.5) is 0 Å². The molecule has 0 amide bonds. The first-order chi connectivity index (χ1) is 22.6. The van der Waals surface area contributed by atoms with Crippen LogP contribution < -0.4 is 11.2 Å². The highest BCUT2D eigenvalue weighted by atomic mass is 16.2. The Morgan fingerprint density at radius 1 is 0.717 bits per heavy atom. The summed E-state index contributed by atoms with van der Waals surface area (Å²) >= 11 is 0. The van der Waals surface area contributed by atoms with Crippen LogP contribution in [0.3, 0.4) is 0 Å². The van der Waals surface area contributed by atoms with Gasteiger partial charge in [-0.25, -0.2) is 19.4 Å². The van der Waals surface area contributed by atoms with Crippen LogP contribution in [0, 0.1) is 0 Å². The van der Waals surface area contributed by atoms with Gasteiger partial charge in [0.15, 0.2) is 17.0 Å². The van der Waals surface area contributed by atoms with Crippen molar-refractivity contribution in [3.05, 3.63) is 147 Å². The van der Waals surface area contributed by atoms with Crippen molar-refractivity contribution < 1.29 is 0 Å². The van der Waals surface area contributed by atoms with Gasteiger partial charge in [-0.3, -0.25) is 9.36 Å². The van der Waals surface area contributed by atoms with Crippen LogP contribution in [0.1, 0.15) is 30.3 Å². The average molecular weight is 609 g/mol. The summed E-state index contributed by atoms with van der Waals surface area (Å²) in [7, 11) is 0. The molecule has 3 heterocycles. The van der Waals surface area contributed by atoms with Crippen molar-refractivity contribution in [1.29, 1.82) is 0 Å². The third-order valence-corrected chi connectivity index (χ3v) is 8.20. The zero-order valence-corrected chi connectivity index (χ0v) is 25.4. The lowest BCUT2D eigenvalue weighted by molar-refractivity contribution is 0.642. The molecule has 0 fully saturated rings. The fourth-order valence-electron chi connectivity index (χ4n) is 5.95. The number of aromatic amines is 1. The number of para-hydroxylation sites is 1. The molecule has 0 aliphatic heterocycles.